The Hall–Kier alpha value is -2.39. The number of nitrogens with zero attached hydrogens (tertiary/aromatic N) is 2. The number of rotatable bonds is 4. The third-order valence-electron chi connectivity index (χ3n) is 3.18. The van der Waals surface area contributed by atoms with E-state index < -0.39 is 6.10 Å². The summed E-state index contributed by atoms with van der Waals surface area (Å²) in [6.07, 6.45) is -0.730. The Bertz CT molecular complexity index is 741. The van der Waals surface area contributed by atoms with Crippen molar-refractivity contribution >= 4 is 22.4 Å². The van der Waals surface area contributed by atoms with Crippen LogP contribution in [0.3, 0.4) is 0 Å². The van der Waals surface area contributed by atoms with Gasteiger partial charge in [0, 0.05) is 10.8 Å². The minimum atomic E-state index is -0.730. The van der Waals surface area contributed by atoms with E-state index in [0.29, 0.717) is 16.4 Å². The number of nitriles is 1. The maximum Gasteiger partial charge on any atom is 0.266 e. The fraction of sp³-hybridized carbons (Fsp3) is 0.353. The Balaban J connectivity index is 2.03. The van der Waals surface area contributed by atoms with Crippen molar-refractivity contribution in [2.75, 3.05) is 5.32 Å². The highest BCUT2D eigenvalue weighted by molar-refractivity contribution is 7.13. The summed E-state index contributed by atoms with van der Waals surface area (Å²) in [6, 6.07) is 8.87. The molecule has 1 amide bonds. The second kappa shape index (κ2) is 6.80. The van der Waals surface area contributed by atoms with E-state index >= 15 is 0 Å². The van der Waals surface area contributed by atoms with Crippen LogP contribution in [0.25, 0.3) is 0 Å². The zero-order valence-corrected chi connectivity index (χ0v) is 14.4. The molecule has 0 aliphatic rings. The van der Waals surface area contributed by atoms with E-state index in [-0.39, 0.29) is 11.3 Å². The van der Waals surface area contributed by atoms with Gasteiger partial charge in [0.2, 0.25) is 0 Å². The summed E-state index contributed by atoms with van der Waals surface area (Å²) < 4.78 is 5.59. The number of ether oxygens (including phenoxy) is 1. The number of anilines is 1. The monoisotopic (exact) mass is 329 g/mol. The predicted octanol–water partition coefficient (Wildman–Crippen LogP) is 3.72. The van der Waals surface area contributed by atoms with Gasteiger partial charge in [-0.1, -0.05) is 32.9 Å². The lowest BCUT2D eigenvalue weighted by atomic mass is 9.93. The van der Waals surface area contributed by atoms with Crippen molar-refractivity contribution < 1.29 is 9.53 Å². The average molecular weight is 329 g/mol. The third-order valence-corrected chi connectivity index (χ3v) is 3.94. The van der Waals surface area contributed by atoms with Crippen LogP contribution in [0.5, 0.6) is 5.75 Å². The SMILES string of the molecule is CC(Oc1ccccc1C#N)C(=O)Nc1nc(C(C)(C)C)cs1. The largest absolute Gasteiger partial charge is 0.480 e. The molecule has 0 spiro atoms. The lowest BCUT2D eigenvalue weighted by molar-refractivity contribution is -0.122. The van der Waals surface area contributed by atoms with Gasteiger partial charge < -0.3 is 4.74 Å². The molecule has 1 heterocycles. The molecule has 1 aromatic carbocycles. The second-order valence-corrected chi connectivity index (χ2v) is 7.00. The van der Waals surface area contributed by atoms with Crippen LogP contribution in [-0.2, 0) is 10.2 Å². The van der Waals surface area contributed by atoms with Crippen molar-refractivity contribution in [3.05, 3.63) is 40.9 Å². The van der Waals surface area contributed by atoms with E-state index in [4.69, 9.17) is 10.00 Å². The van der Waals surface area contributed by atoms with Gasteiger partial charge in [-0.15, -0.1) is 11.3 Å². The number of benzene rings is 1. The molecule has 1 N–H and O–H groups in total. The molecule has 2 aromatic rings. The molecule has 120 valence electrons. The molecule has 23 heavy (non-hydrogen) atoms. The third kappa shape index (κ3) is 4.30. The van der Waals surface area contributed by atoms with Gasteiger partial charge in [-0.2, -0.15) is 5.26 Å². The highest BCUT2D eigenvalue weighted by atomic mass is 32.1. The number of thiazole rings is 1. The minimum Gasteiger partial charge on any atom is -0.480 e. The van der Waals surface area contributed by atoms with Crippen molar-refractivity contribution in [1.82, 2.24) is 4.98 Å². The van der Waals surface area contributed by atoms with E-state index in [1.165, 1.54) is 11.3 Å². The molecule has 0 radical (unpaired) electrons. The van der Waals surface area contributed by atoms with Gasteiger partial charge in [0.1, 0.15) is 11.8 Å². The summed E-state index contributed by atoms with van der Waals surface area (Å²) in [7, 11) is 0. The fourth-order valence-corrected chi connectivity index (χ4v) is 2.73. The summed E-state index contributed by atoms with van der Waals surface area (Å²) >= 11 is 1.39. The summed E-state index contributed by atoms with van der Waals surface area (Å²) in [6.45, 7) is 7.84. The highest BCUT2D eigenvalue weighted by Crippen LogP contribution is 2.26. The molecular formula is C17H19N3O2S. The molecular weight excluding hydrogens is 310 g/mol. The number of para-hydroxylation sites is 1. The first kappa shape index (κ1) is 17.0. The Morgan fingerprint density at radius 3 is 2.70 bits per heavy atom. The van der Waals surface area contributed by atoms with Gasteiger partial charge in [0.15, 0.2) is 11.2 Å². The van der Waals surface area contributed by atoms with Gasteiger partial charge >= 0.3 is 0 Å². The van der Waals surface area contributed by atoms with Gasteiger partial charge in [-0.05, 0) is 19.1 Å². The van der Waals surface area contributed by atoms with Crippen molar-refractivity contribution in [2.24, 2.45) is 0 Å². The quantitative estimate of drug-likeness (QED) is 0.927. The van der Waals surface area contributed by atoms with Crippen LogP contribution < -0.4 is 10.1 Å². The Morgan fingerprint density at radius 2 is 2.09 bits per heavy atom. The smallest absolute Gasteiger partial charge is 0.266 e. The number of carbonyl (C=O) groups excluding carboxylic acids is 1. The molecule has 0 aliphatic carbocycles. The lowest BCUT2D eigenvalue weighted by Crippen LogP contribution is -2.30. The van der Waals surface area contributed by atoms with Gasteiger partial charge in [-0.25, -0.2) is 4.98 Å². The number of hydrogen-bond donors (Lipinski definition) is 1. The molecule has 0 aliphatic heterocycles. The molecule has 1 atom stereocenters. The standard InChI is InChI=1S/C17H19N3O2S/c1-11(22-13-8-6-5-7-12(13)9-18)15(21)20-16-19-14(10-23-16)17(2,3)4/h5-8,10-11H,1-4H3,(H,19,20,21). The number of amides is 1. The average Bonchev–Trinajstić information content (AvgIpc) is 2.96. The van der Waals surface area contributed by atoms with E-state index in [9.17, 15) is 4.79 Å². The lowest BCUT2D eigenvalue weighted by Gasteiger charge is -2.15. The van der Waals surface area contributed by atoms with E-state index in [0.717, 1.165) is 5.69 Å². The maximum absolute atomic E-state index is 12.2. The van der Waals surface area contributed by atoms with Crippen molar-refractivity contribution in [1.29, 1.82) is 5.26 Å². The second-order valence-electron chi connectivity index (χ2n) is 6.15. The number of nitrogens with one attached hydrogen (secondary N) is 1. The van der Waals surface area contributed by atoms with Crippen LogP contribution in [0.15, 0.2) is 29.6 Å². The van der Waals surface area contributed by atoms with Crippen LogP contribution in [0.1, 0.15) is 39.0 Å². The highest BCUT2D eigenvalue weighted by Gasteiger charge is 2.21. The van der Waals surface area contributed by atoms with E-state index in [1.54, 1.807) is 31.2 Å². The first-order valence-electron chi connectivity index (χ1n) is 7.24. The van der Waals surface area contributed by atoms with Crippen LogP contribution in [0.2, 0.25) is 0 Å². The van der Waals surface area contributed by atoms with Crippen molar-refractivity contribution in [2.45, 2.75) is 39.2 Å². The van der Waals surface area contributed by atoms with Gasteiger partial charge in [-0.3, -0.25) is 10.1 Å². The first-order valence-corrected chi connectivity index (χ1v) is 8.12. The van der Waals surface area contributed by atoms with Crippen molar-refractivity contribution in [3.8, 4) is 11.8 Å². The Labute approximate surface area is 139 Å². The minimum absolute atomic E-state index is 0.0622. The molecule has 0 bridgehead atoms. The first-order chi connectivity index (χ1) is 10.8. The molecule has 1 aromatic heterocycles. The van der Waals surface area contributed by atoms with Crippen molar-refractivity contribution in [3.63, 3.8) is 0 Å². The molecule has 0 saturated heterocycles. The van der Waals surface area contributed by atoms with Crippen LogP contribution >= 0.6 is 11.3 Å². The predicted molar refractivity (Wildman–Crippen MR) is 90.7 cm³/mol. The summed E-state index contributed by atoms with van der Waals surface area (Å²) in [5.41, 5.74) is 1.27. The van der Waals surface area contributed by atoms with Gasteiger partial charge in [0.05, 0.1) is 11.3 Å². The molecule has 5 nitrogen and oxygen atoms in total. The molecule has 1 unspecified atom stereocenters. The van der Waals surface area contributed by atoms with E-state index in [1.807, 2.05) is 11.4 Å². The topological polar surface area (TPSA) is 75.0 Å². The normalized spacial score (nSPS) is 12.3. The number of hydrogen-bond acceptors (Lipinski definition) is 5. The number of aromatic nitrogens is 1. The fourth-order valence-electron chi connectivity index (χ4n) is 1.79. The molecule has 0 saturated carbocycles. The van der Waals surface area contributed by atoms with E-state index in [2.05, 4.69) is 31.1 Å². The zero-order chi connectivity index (χ0) is 17.0. The summed E-state index contributed by atoms with van der Waals surface area (Å²) in [4.78, 5) is 16.6. The summed E-state index contributed by atoms with van der Waals surface area (Å²) in [5, 5.41) is 14.3. The Kier molecular flexibility index (Phi) is 5.02. The molecule has 2 rings (SSSR count). The molecule has 6 heteroatoms. The van der Waals surface area contributed by atoms with Crippen LogP contribution in [-0.4, -0.2) is 17.0 Å². The summed E-state index contributed by atoms with van der Waals surface area (Å²) in [5.74, 6) is 0.0970. The Morgan fingerprint density at radius 1 is 1.39 bits per heavy atom. The van der Waals surface area contributed by atoms with Crippen LogP contribution in [0.4, 0.5) is 5.13 Å². The molecule has 0 fully saturated rings. The number of carbonyl (C=O) groups is 1. The van der Waals surface area contributed by atoms with Crippen LogP contribution in [0, 0.1) is 11.3 Å². The maximum atomic E-state index is 12.2. The zero-order valence-electron chi connectivity index (χ0n) is 13.6. The van der Waals surface area contributed by atoms with Gasteiger partial charge in [0.25, 0.3) is 5.91 Å².